The number of anilines is 1. The number of nitrogens with zero attached hydrogens (tertiary/aromatic N) is 1. The maximum Gasteiger partial charge on any atom is 0.288 e. The molecule has 1 aliphatic rings. The van der Waals surface area contributed by atoms with Gasteiger partial charge in [0.1, 0.15) is 5.58 Å². The van der Waals surface area contributed by atoms with Gasteiger partial charge in [0.05, 0.1) is 5.69 Å². The summed E-state index contributed by atoms with van der Waals surface area (Å²) in [5.74, 6) is 0.234. The van der Waals surface area contributed by atoms with Gasteiger partial charge in [-0.05, 0) is 36.1 Å². The van der Waals surface area contributed by atoms with E-state index >= 15 is 0 Å². The van der Waals surface area contributed by atoms with Crippen molar-refractivity contribution in [1.82, 2.24) is 10.6 Å². The van der Waals surface area contributed by atoms with Gasteiger partial charge in [-0.2, -0.15) is 0 Å². The van der Waals surface area contributed by atoms with E-state index in [0.29, 0.717) is 5.76 Å². The summed E-state index contributed by atoms with van der Waals surface area (Å²) in [7, 11) is 1.64. The lowest BCUT2D eigenvalue weighted by Gasteiger charge is -2.29. The zero-order valence-electron chi connectivity index (χ0n) is 15.8. The second-order valence-electron chi connectivity index (χ2n) is 6.98. The zero-order chi connectivity index (χ0) is 18.8. The summed E-state index contributed by atoms with van der Waals surface area (Å²) in [6, 6.07) is 14.6. The van der Waals surface area contributed by atoms with Gasteiger partial charge in [-0.1, -0.05) is 36.4 Å². The van der Waals surface area contributed by atoms with Gasteiger partial charge < -0.3 is 20.0 Å². The third-order valence-corrected chi connectivity index (χ3v) is 5.31. The molecule has 140 valence electrons. The second kappa shape index (κ2) is 7.45. The molecule has 0 atom stereocenters. The second-order valence-corrected chi connectivity index (χ2v) is 6.98. The van der Waals surface area contributed by atoms with E-state index in [1.54, 1.807) is 7.05 Å². The van der Waals surface area contributed by atoms with Crippen LogP contribution >= 0.6 is 0 Å². The first-order valence-corrected chi connectivity index (χ1v) is 9.45. The quantitative estimate of drug-likeness (QED) is 0.748. The van der Waals surface area contributed by atoms with Crippen LogP contribution in [-0.4, -0.2) is 39.1 Å². The Morgan fingerprint density at radius 3 is 2.59 bits per heavy atom. The number of fused-ring (bicyclic) bond motifs is 1. The van der Waals surface area contributed by atoms with Gasteiger partial charge in [-0.25, -0.2) is 0 Å². The van der Waals surface area contributed by atoms with Crippen molar-refractivity contribution in [3.8, 4) is 0 Å². The zero-order valence-corrected chi connectivity index (χ0v) is 15.8. The molecule has 3 aromatic rings. The van der Waals surface area contributed by atoms with Crippen molar-refractivity contribution in [1.29, 1.82) is 0 Å². The Bertz CT molecular complexity index is 957. The van der Waals surface area contributed by atoms with Gasteiger partial charge in [-0.15, -0.1) is 0 Å². The molecule has 1 amide bonds. The molecular weight excluding hydrogens is 338 g/mol. The maximum absolute atomic E-state index is 12.5. The number of hydrogen-bond donors (Lipinski definition) is 2. The van der Waals surface area contributed by atoms with E-state index in [4.69, 9.17) is 4.42 Å². The monoisotopic (exact) mass is 363 g/mol. The van der Waals surface area contributed by atoms with Crippen LogP contribution in [0.15, 0.2) is 46.9 Å². The summed E-state index contributed by atoms with van der Waals surface area (Å²) in [5.41, 5.74) is 5.42. The molecule has 0 saturated carbocycles. The van der Waals surface area contributed by atoms with E-state index in [9.17, 15) is 4.79 Å². The fourth-order valence-electron chi connectivity index (χ4n) is 3.85. The number of furan rings is 1. The molecular formula is C22H25N3O2. The van der Waals surface area contributed by atoms with E-state index in [2.05, 4.69) is 52.8 Å². The van der Waals surface area contributed by atoms with Gasteiger partial charge in [0.15, 0.2) is 0 Å². The predicted octanol–water partition coefficient (Wildman–Crippen LogP) is 3.10. The van der Waals surface area contributed by atoms with Crippen LogP contribution < -0.4 is 15.5 Å². The fourth-order valence-corrected chi connectivity index (χ4v) is 3.85. The molecule has 1 aliphatic heterocycles. The minimum Gasteiger partial charge on any atom is -0.449 e. The summed E-state index contributed by atoms with van der Waals surface area (Å²) in [6.45, 7) is 5.67. The molecule has 2 heterocycles. The van der Waals surface area contributed by atoms with Gasteiger partial charge in [0.25, 0.3) is 5.91 Å². The van der Waals surface area contributed by atoms with Gasteiger partial charge in [0, 0.05) is 38.6 Å². The number of amides is 1. The number of aryl methyl sites for hydroxylation is 1. The molecule has 2 N–H and O–H groups in total. The first-order valence-electron chi connectivity index (χ1n) is 9.45. The van der Waals surface area contributed by atoms with Gasteiger partial charge >= 0.3 is 0 Å². The van der Waals surface area contributed by atoms with E-state index in [-0.39, 0.29) is 5.91 Å². The molecule has 5 heteroatoms. The van der Waals surface area contributed by atoms with Crippen molar-refractivity contribution >= 4 is 22.6 Å². The van der Waals surface area contributed by atoms with Crippen LogP contribution in [0.1, 0.15) is 27.2 Å². The van der Waals surface area contributed by atoms with Gasteiger partial charge in [0.2, 0.25) is 5.76 Å². The molecule has 0 aliphatic carbocycles. The lowest BCUT2D eigenvalue weighted by atomic mass is 9.97. The van der Waals surface area contributed by atoms with Crippen molar-refractivity contribution in [3.05, 3.63) is 64.9 Å². The summed E-state index contributed by atoms with van der Waals surface area (Å²) in [4.78, 5) is 14.8. The first kappa shape index (κ1) is 17.6. The standard InChI is InChI=1S/C22H25N3O2/c1-15-17(14-16-6-4-3-5-7-16)8-9-18-19(15)20(21(27-18)22(26)23-2)25-12-10-24-11-13-25/h3-9,24H,10-14H2,1-2H3,(H,23,26). The average Bonchev–Trinajstić information content (AvgIpc) is 3.11. The predicted molar refractivity (Wildman–Crippen MR) is 109 cm³/mol. The Morgan fingerprint density at radius 2 is 1.89 bits per heavy atom. The van der Waals surface area contributed by atoms with Crippen molar-refractivity contribution in [2.24, 2.45) is 0 Å². The van der Waals surface area contributed by atoms with E-state index in [0.717, 1.165) is 49.3 Å². The topological polar surface area (TPSA) is 57.5 Å². The highest BCUT2D eigenvalue weighted by Gasteiger charge is 2.27. The van der Waals surface area contributed by atoms with Gasteiger partial charge in [-0.3, -0.25) is 4.79 Å². The lowest BCUT2D eigenvalue weighted by molar-refractivity contribution is 0.0938. The highest BCUT2D eigenvalue weighted by Crippen LogP contribution is 2.38. The molecule has 1 saturated heterocycles. The molecule has 4 rings (SSSR count). The SMILES string of the molecule is CNC(=O)c1oc2ccc(Cc3ccccc3)c(C)c2c1N1CCNCC1. The van der Waals surface area contributed by atoms with Crippen molar-refractivity contribution in [2.45, 2.75) is 13.3 Å². The lowest BCUT2D eigenvalue weighted by Crippen LogP contribution is -2.44. The fraction of sp³-hybridized carbons (Fsp3) is 0.318. The normalized spacial score (nSPS) is 14.5. The van der Waals surface area contributed by atoms with Crippen LogP contribution in [0.25, 0.3) is 11.0 Å². The maximum atomic E-state index is 12.5. The summed E-state index contributed by atoms with van der Waals surface area (Å²) in [5, 5.41) is 7.15. The molecule has 0 bridgehead atoms. The van der Waals surface area contributed by atoms with Crippen LogP contribution in [0.5, 0.6) is 0 Å². The number of rotatable bonds is 4. The van der Waals surface area contributed by atoms with E-state index in [1.165, 1.54) is 16.7 Å². The van der Waals surface area contributed by atoms with E-state index < -0.39 is 0 Å². The van der Waals surface area contributed by atoms with Crippen molar-refractivity contribution < 1.29 is 9.21 Å². The van der Waals surface area contributed by atoms with Crippen LogP contribution in [0, 0.1) is 6.92 Å². The highest BCUT2D eigenvalue weighted by molar-refractivity contribution is 6.08. The first-order chi connectivity index (χ1) is 13.2. The molecule has 0 spiro atoms. The molecule has 1 aromatic heterocycles. The molecule has 0 unspecified atom stereocenters. The van der Waals surface area contributed by atoms with E-state index in [1.807, 2.05) is 12.1 Å². The van der Waals surface area contributed by atoms with Crippen LogP contribution in [0.4, 0.5) is 5.69 Å². The Kier molecular flexibility index (Phi) is 4.86. The van der Waals surface area contributed by atoms with Crippen LogP contribution in [-0.2, 0) is 6.42 Å². The largest absolute Gasteiger partial charge is 0.449 e. The minimum atomic E-state index is -0.177. The Balaban J connectivity index is 1.85. The number of hydrogen-bond acceptors (Lipinski definition) is 4. The third kappa shape index (κ3) is 3.30. The smallest absolute Gasteiger partial charge is 0.288 e. The molecule has 27 heavy (non-hydrogen) atoms. The van der Waals surface area contributed by atoms with Crippen LogP contribution in [0.2, 0.25) is 0 Å². The van der Waals surface area contributed by atoms with Crippen molar-refractivity contribution in [2.75, 3.05) is 38.1 Å². The Hall–Kier alpha value is -2.79. The number of carbonyl (C=O) groups excluding carboxylic acids is 1. The molecule has 2 aromatic carbocycles. The summed E-state index contributed by atoms with van der Waals surface area (Å²) < 4.78 is 6.02. The number of piperazine rings is 1. The average molecular weight is 363 g/mol. The number of carbonyl (C=O) groups is 1. The van der Waals surface area contributed by atoms with Crippen molar-refractivity contribution in [3.63, 3.8) is 0 Å². The number of nitrogens with one attached hydrogen (secondary N) is 2. The minimum absolute atomic E-state index is 0.177. The molecule has 5 nitrogen and oxygen atoms in total. The summed E-state index contributed by atoms with van der Waals surface area (Å²) >= 11 is 0. The number of benzene rings is 2. The van der Waals surface area contributed by atoms with Crippen LogP contribution in [0.3, 0.4) is 0 Å². The summed E-state index contributed by atoms with van der Waals surface area (Å²) in [6.07, 6.45) is 0.865. The Labute approximate surface area is 159 Å². The molecule has 1 fully saturated rings. The Morgan fingerprint density at radius 1 is 1.15 bits per heavy atom. The third-order valence-electron chi connectivity index (χ3n) is 5.31. The highest BCUT2D eigenvalue weighted by atomic mass is 16.3. The molecule has 0 radical (unpaired) electrons.